The van der Waals surface area contributed by atoms with Gasteiger partial charge in [-0.2, -0.15) is 0 Å². The fourth-order valence-corrected chi connectivity index (χ4v) is 2.54. The molecule has 1 aliphatic rings. The van der Waals surface area contributed by atoms with Crippen molar-refractivity contribution in [2.75, 3.05) is 20.2 Å². The van der Waals surface area contributed by atoms with Crippen LogP contribution in [0, 0.1) is 0 Å². The van der Waals surface area contributed by atoms with Crippen LogP contribution in [0.2, 0.25) is 0 Å². The van der Waals surface area contributed by atoms with Gasteiger partial charge in [0.1, 0.15) is 5.60 Å². The minimum absolute atomic E-state index is 0.141. The van der Waals surface area contributed by atoms with E-state index in [2.05, 4.69) is 10.6 Å². The number of nitrogens with one attached hydrogen (secondary N) is 2. The molecule has 1 unspecified atom stereocenters. The smallest absolute Gasteiger partial charge is 0.408 e. The van der Waals surface area contributed by atoms with E-state index in [9.17, 15) is 4.79 Å². The van der Waals surface area contributed by atoms with Crippen molar-refractivity contribution >= 4 is 6.09 Å². The Morgan fingerprint density at radius 3 is 2.41 bits per heavy atom. The van der Waals surface area contributed by atoms with Crippen molar-refractivity contribution in [1.29, 1.82) is 0 Å². The Balaban J connectivity index is 2.10. The highest BCUT2D eigenvalue weighted by Gasteiger charge is 2.40. The van der Waals surface area contributed by atoms with Crippen molar-refractivity contribution in [3.05, 3.63) is 35.9 Å². The van der Waals surface area contributed by atoms with Crippen LogP contribution in [0.25, 0.3) is 0 Å². The predicted molar refractivity (Wildman–Crippen MR) is 85.8 cm³/mol. The van der Waals surface area contributed by atoms with E-state index in [1.807, 2.05) is 51.1 Å². The number of hydrogen-bond acceptors (Lipinski definition) is 4. The summed E-state index contributed by atoms with van der Waals surface area (Å²) in [5.41, 5.74) is 0.314. The lowest BCUT2D eigenvalue weighted by molar-refractivity contribution is -0.0639. The topological polar surface area (TPSA) is 59.6 Å². The van der Waals surface area contributed by atoms with Crippen molar-refractivity contribution < 1.29 is 14.3 Å². The largest absolute Gasteiger partial charge is 0.444 e. The summed E-state index contributed by atoms with van der Waals surface area (Å²) in [7, 11) is 1.72. The van der Waals surface area contributed by atoms with Gasteiger partial charge in [0, 0.05) is 26.6 Å². The first-order valence-corrected chi connectivity index (χ1v) is 7.64. The van der Waals surface area contributed by atoms with Gasteiger partial charge in [0.15, 0.2) is 0 Å². The number of rotatable bonds is 5. The van der Waals surface area contributed by atoms with Crippen LogP contribution in [0.4, 0.5) is 4.79 Å². The maximum Gasteiger partial charge on any atom is 0.408 e. The van der Waals surface area contributed by atoms with E-state index in [4.69, 9.17) is 9.47 Å². The molecule has 1 atom stereocenters. The van der Waals surface area contributed by atoms with Crippen LogP contribution in [0.5, 0.6) is 0 Å². The molecule has 0 bridgehead atoms. The van der Waals surface area contributed by atoms with E-state index in [1.54, 1.807) is 7.11 Å². The molecule has 1 aromatic carbocycles. The molecule has 0 radical (unpaired) electrons. The Morgan fingerprint density at radius 1 is 1.32 bits per heavy atom. The van der Waals surface area contributed by atoms with Gasteiger partial charge in [0.25, 0.3) is 0 Å². The molecular formula is C17H26N2O3. The molecule has 1 amide bonds. The lowest BCUT2D eigenvalue weighted by atomic mass is 9.86. The van der Waals surface area contributed by atoms with Gasteiger partial charge in [-0.1, -0.05) is 30.3 Å². The van der Waals surface area contributed by atoms with E-state index in [-0.39, 0.29) is 11.6 Å². The Bertz CT molecular complexity index is 487. The standard InChI is InChI=1S/C17H26N2O3/c1-16(2,3)22-15(20)19-14(13-8-6-5-7-9-13)10-17(21-4)11-18-12-17/h5-9,14,18H,10-12H2,1-4H3,(H,19,20). The van der Waals surface area contributed by atoms with Gasteiger partial charge in [-0.05, 0) is 26.3 Å². The van der Waals surface area contributed by atoms with E-state index in [0.717, 1.165) is 18.7 Å². The molecule has 1 aliphatic heterocycles. The van der Waals surface area contributed by atoms with Gasteiger partial charge >= 0.3 is 6.09 Å². The number of carbonyl (C=O) groups excluding carboxylic acids is 1. The molecular weight excluding hydrogens is 280 g/mol. The number of benzene rings is 1. The van der Waals surface area contributed by atoms with Gasteiger partial charge in [-0.25, -0.2) is 4.79 Å². The third kappa shape index (κ3) is 4.45. The maximum atomic E-state index is 12.1. The first-order chi connectivity index (χ1) is 10.3. The quantitative estimate of drug-likeness (QED) is 0.878. The Kier molecular flexibility index (Phi) is 5.08. The maximum absolute atomic E-state index is 12.1. The third-order valence-corrected chi connectivity index (χ3v) is 3.80. The summed E-state index contributed by atoms with van der Waals surface area (Å²) >= 11 is 0. The van der Waals surface area contributed by atoms with Crippen molar-refractivity contribution in [2.45, 2.75) is 44.4 Å². The van der Waals surface area contributed by atoms with E-state index in [0.29, 0.717) is 6.42 Å². The fourth-order valence-electron chi connectivity index (χ4n) is 2.54. The van der Waals surface area contributed by atoms with Crippen LogP contribution in [-0.2, 0) is 9.47 Å². The second-order valence-corrected chi connectivity index (χ2v) is 6.80. The summed E-state index contributed by atoms with van der Waals surface area (Å²) in [4.78, 5) is 12.1. The summed E-state index contributed by atoms with van der Waals surface area (Å²) in [5, 5.41) is 6.21. The van der Waals surface area contributed by atoms with Crippen LogP contribution >= 0.6 is 0 Å². The minimum atomic E-state index is -0.512. The summed E-state index contributed by atoms with van der Waals surface area (Å²) in [5.74, 6) is 0. The lowest BCUT2D eigenvalue weighted by Gasteiger charge is -2.43. The normalized spacial score (nSPS) is 18.2. The molecule has 1 heterocycles. The Hall–Kier alpha value is -1.59. The van der Waals surface area contributed by atoms with Crippen molar-refractivity contribution in [2.24, 2.45) is 0 Å². The van der Waals surface area contributed by atoms with Gasteiger partial charge in [0.05, 0.1) is 11.6 Å². The molecule has 2 rings (SSSR count). The number of methoxy groups -OCH3 is 1. The van der Waals surface area contributed by atoms with Crippen molar-refractivity contribution in [3.8, 4) is 0 Å². The van der Waals surface area contributed by atoms with E-state index >= 15 is 0 Å². The van der Waals surface area contributed by atoms with Crippen LogP contribution < -0.4 is 10.6 Å². The SMILES string of the molecule is COC1(CC(NC(=O)OC(C)(C)C)c2ccccc2)CNC1. The molecule has 22 heavy (non-hydrogen) atoms. The second kappa shape index (κ2) is 6.67. The zero-order valence-electron chi connectivity index (χ0n) is 13.8. The highest BCUT2D eigenvalue weighted by atomic mass is 16.6. The number of alkyl carbamates (subject to hydrolysis) is 1. The van der Waals surface area contributed by atoms with Crippen molar-refractivity contribution in [3.63, 3.8) is 0 Å². The predicted octanol–water partition coefficient (Wildman–Crippen LogP) is 2.63. The van der Waals surface area contributed by atoms with Crippen LogP contribution in [0.1, 0.15) is 38.8 Å². The van der Waals surface area contributed by atoms with Crippen LogP contribution in [0.3, 0.4) is 0 Å². The first kappa shape index (κ1) is 16.8. The molecule has 1 saturated heterocycles. The fraction of sp³-hybridized carbons (Fsp3) is 0.588. The van der Waals surface area contributed by atoms with E-state index in [1.165, 1.54) is 0 Å². The zero-order valence-corrected chi connectivity index (χ0v) is 13.8. The van der Waals surface area contributed by atoms with E-state index < -0.39 is 11.7 Å². The summed E-state index contributed by atoms with van der Waals surface area (Å²) in [6.45, 7) is 7.16. The molecule has 5 nitrogen and oxygen atoms in total. The number of carbonyl (C=O) groups is 1. The lowest BCUT2D eigenvalue weighted by Crippen LogP contribution is -2.62. The first-order valence-electron chi connectivity index (χ1n) is 7.64. The van der Waals surface area contributed by atoms with Gasteiger partial charge in [-0.3, -0.25) is 0 Å². The Morgan fingerprint density at radius 2 is 1.95 bits per heavy atom. The van der Waals surface area contributed by atoms with Crippen LogP contribution in [0.15, 0.2) is 30.3 Å². The number of hydrogen-bond donors (Lipinski definition) is 2. The molecule has 5 heteroatoms. The number of ether oxygens (including phenoxy) is 2. The van der Waals surface area contributed by atoms with Gasteiger partial charge in [0.2, 0.25) is 0 Å². The molecule has 0 aromatic heterocycles. The molecule has 2 N–H and O–H groups in total. The molecule has 0 saturated carbocycles. The minimum Gasteiger partial charge on any atom is -0.444 e. The monoisotopic (exact) mass is 306 g/mol. The average molecular weight is 306 g/mol. The average Bonchev–Trinajstić information content (AvgIpc) is 2.40. The molecule has 122 valence electrons. The second-order valence-electron chi connectivity index (χ2n) is 6.80. The molecule has 1 aromatic rings. The third-order valence-electron chi connectivity index (χ3n) is 3.80. The molecule has 0 spiro atoms. The van der Waals surface area contributed by atoms with Crippen molar-refractivity contribution in [1.82, 2.24) is 10.6 Å². The highest BCUT2D eigenvalue weighted by Crippen LogP contribution is 2.29. The Labute approximate surface area is 132 Å². The summed E-state index contributed by atoms with van der Waals surface area (Å²) in [6, 6.07) is 9.79. The van der Waals surface area contributed by atoms with Crippen LogP contribution in [-0.4, -0.2) is 37.5 Å². The summed E-state index contributed by atoms with van der Waals surface area (Å²) < 4.78 is 11.0. The molecule has 0 aliphatic carbocycles. The zero-order chi connectivity index (χ0) is 16.2. The van der Waals surface area contributed by atoms with Gasteiger partial charge < -0.3 is 20.1 Å². The molecule has 1 fully saturated rings. The van der Waals surface area contributed by atoms with Gasteiger partial charge in [-0.15, -0.1) is 0 Å². The highest BCUT2D eigenvalue weighted by molar-refractivity contribution is 5.68. The summed E-state index contributed by atoms with van der Waals surface area (Å²) in [6.07, 6.45) is 0.305. The number of amides is 1.